The highest BCUT2D eigenvalue weighted by Crippen LogP contribution is 2.21. The van der Waals surface area contributed by atoms with E-state index in [0.717, 1.165) is 6.54 Å². The molecule has 0 amide bonds. The molecule has 0 saturated carbocycles. The molecule has 108 valence electrons. The Hall–Kier alpha value is -0.870. The SMILES string of the molecule is CNCC(CCS(=O)(=O)C(C)C)c1ccc(C)cc1. The maximum atomic E-state index is 11.9. The van der Waals surface area contributed by atoms with E-state index < -0.39 is 9.84 Å². The van der Waals surface area contributed by atoms with Crippen LogP contribution < -0.4 is 5.32 Å². The number of aryl methyl sites for hydroxylation is 1. The zero-order valence-electron chi connectivity index (χ0n) is 12.3. The zero-order chi connectivity index (χ0) is 14.5. The normalized spacial score (nSPS) is 13.7. The topological polar surface area (TPSA) is 46.2 Å². The molecule has 1 atom stereocenters. The number of sulfone groups is 1. The van der Waals surface area contributed by atoms with E-state index in [1.165, 1.54) is 11.1 Å². The molecule has 1 aromatic carbocycles. The van der Waals surface area contributed by atoms with Gasteiger partial charge in [-0.15, -0.1) is 0 Å². The summed E-state index contributed by atoms with van der Waals surface area (Å²) in [5.41, 5.74) is 2.43. The predicted octanol–water partition coefficient (Wildman–Crippen LogP) is 2.51. The molecule has 1 N–H and O–H groups in total. The van der Waals surface area contributed by atoms with Crippen LogP contribution in [-0.4, -0.2) is 33.0 Å². The molecule has 0 aliphatic carbocycles. The van der Waals surface area contributed by atoms with Gasteiger partial charge in [0.2, 0.25) is 0 Å². The average molecular weight is 283 g/mol. The lowest BCUT2D eigenvalue weighted by Crippen LogP contribution is -2.23. The highest BCUT2D eigenvalue weighted by Gasteiger charge is 2.19. The monoisotopic (exact) mass is 283 g/mol. The quantitative estimate of drug-likeness (QED) is 0.836. The molecule has 0 fully saturated rings. The molecule has 0 aliphatic rings. The van der Waals surface area contributed by atoms with E-state index in [0.29, 0.717) is 6.42 Å². The second-order valence-electron chi connectivity index (χ2n) is 5.37. The van der Waals surface area contributed by atoms with Crippen LogP contribution in [0.3, 0.4) is 0 Å². The first kappa shape index (κ1) is 16.2. The summed E-state index contributed by atoms with van der Waals surface area (Å²) in [5.74, 6) is 0.504. The van der Waals surface area contributed by atoms with Gasteiger partial charge in [0.15, 0.2) is 9.84 Å². The van der Waals surface area contributed by atoms with Crippen molar-refractivity contribution in [3.8, 4) is 0 Å². The van der Waals surface area contributed by atoms with Gasteiger partial charge >= 0.3 is 0 Å². The van der Waals surface area contributed by atoms with Gasteiger partial charge in [-0.1, -0.05) is 29.8 Å². The maximum Gasteiger partial charge on any atom is 0.152 e. The van der Waals surface area contributed by atoms with Crippen LogP contribution in [0.15, 0.2) is 24.3 Å². The number of hydrogen-bond donors (Lipinski definition) is 1. The molecular weight excluding hydrogens is 258 g/mol. The van der Waals surface area contributed by atoms with Gasteiger partial charge in [0.1, 0.15) is 0 Å². The molecule has 0 saturated heterocycles. The molecule has 19 heavy (non-hydrogen) atoms. The van der Waals surface area contributed by atoms with Crippen molar-refractivity contribution in [2.24, 2.45) is 0 Å². The van der Waals surface area contributed by atoms with Crippen molar-refractivity contribution < 1.29 is 8.42 Å². The number of benzene rings is 1. The summed E-state index contributed by atoms with van der Waals surface area (Å²) in [4.78, 5) is 0. The molecule has 0 spiro atoms. The summed E-state index contributed by atoms with van der Waals surface area (Å²) < 4.78 is 23.8. The van der Waals surface area contributed by atoms with Crippen molar-refractivity contribution in [1.29, 1.82) is 0 Å². The first-order valence-corrected chi connectivity index (χ1v) is 8.51. The van der Waals surface area contributed by atoms with Crippen molar-refractivity contribution >= 4 is 9.84 Å². The van der Waals surface area contributed by atoms with E-state index in [4.69, 9.17) is 0 Å². The third kappa shape index (κ3) is 4.96. The molecule has 3 nitrogen and oxygen atoms in total. The number of likely N-dealkylation sites (N-methyl/N-ethyl adjacent to an activating group) is 1. The fraction of sp³-hybridized carbons (Fsp3) is 0.600. The molecule has 0 aromatic heterocycles. The lowest BCUT2D eigenvalue weighted by Gasteiger charge is -2.18. The second kappa shape index (κ2) is 7.06. The second-order valence-corrected chi connectivity index (χ2v) is 8.05. The van der Waals surface area contributed by atoms with Crippen molar-refractivity contribution in [3.63, 3.8) is 0 Å². The minimum atomic E-state index is -2.96. The Morgan fingerprint density at radius 2 is 1.74 bits per heavy atom. The van der Waals surface area contributed by atoms with Crippen LogP contribution in [0.1, 0.15) is 37.3 Å². The molecule has 1 aromatic rings. The smallest absolute Gasteiger partial charge is 0.152 e. The van der Waals surface area contributed by atoms with Gasteiger partial charge in [0, 0.05) is 6.54 Å². The van der Waals surface area contributed by atoms with Crippen LogP contribution in [0.2, 0.25) is 0 Å². The van der Waals surface area contributed by atoms with E-state index in [9.17, 15) is 8.42 Å². The first-order chi connectivity index (χ1) is 8.86. The first-order valence-electron chi connectivity index (χ1n) is 6.79. The Labute approximate surface area is 117 Å². The molecule has 0 radical (unpaired) electrons. The van der Waals surface area contributed by atoms with E-state index in [2.05, 4.69) is 36.5 Å². The van der Waals surface area contributed by atoms with Crippen molar-refractivity contribution in [1.82, 2.24) is 5.32 Å². The lowest BCUT2D eigenvalue weighted by atomic mass is 9.95. The van der Waals surface area contributed by atoms with Crippen LogP contribution in [0.25, 0.3) is 0 Å². The third-order valence-electron chi connectivity index (χ3n) is 3.47. The standard InChI is InChI=1S/C15H25NO2S/c1-12(2)19(17,18)10-9-15(11-16-4)14-7-5-13(3)6-8-14/h5-8,12,15-16H,9-11H2,1-4H3. The Balaban J connectivity index is 2.76. The largest absolute Gasteiger partial charge is 0.319 e. The fourth-order valence-electron chi connectivity index (χ4n) is 2.01. The lowest BCUT2D eigenvalue weighted by molar-refractivity contribution is 0.567. The van der Waals surface area contributed by atoms with Gasteiger partial charge in [-0.3, -0.25) is 0 Å². The Morgan fingerprint density at radius 1 is 1.16 bits per heavy atom. The molecule has 0 heterocycles. The molecular formula is C15H25NO2S. The van der Waals surface area contributed by atoms with E-state index in [1.54, 1.807) is 13.8 Å². The molecule has 0 aliphatic heterocycles. The summed E-state index contributed by atoms with van der Waals surface area (Å²) in [6.45, 7) is 6.35. The Morgan fingerprint density at radius 3 is 2.21 bits per heavy atom. The highest BCUT2D eigenvalue weighted by molar-refractivity contribution is 7.91. The van der Waals surface area contributed by atoms with Gasteiger partial charge in [0.05, 0.1) is 11.0 Å². The summed E-state index contributed by atoms with van der Waals surface area (Å²) in [6.07, 6.45) is 0.671. The van der Waals surface area contributed by atoms with Crippen LogP contribution >= 0.6 is 0 Å². The Bertz CT molecular complexity index is 477. The minimum absolute atomic E-state index is 0.249. The van der Waals surface area contributed by atoms with Crippen LogP contribution in [0.4, 0.5) is 0 Å². The minimum Gasteiger partial charge on any atom is -0.319 e. The molecule has 1 unspecified atom stereocenters. The van der Waals surface area contributed by atoms with E-state index >= 15 is 0 Å². The van der Waals surface area contributed by atoms with Gasteiger partial charge in [-0.2, -0.15) is 0 Å². The van der Waals surface area contributed by atoms with Crippen LogP contribution in [-0.2, 0) is 9.84 Å². The summed E-state index contributed by atoms with van der Waals surface area (Å²) in [5, 5.41) is 2.86. The molecule has 0 bridgehead atoms. The third-order valence-corrected chi connectivity index (χ3v) is 5.71. The van der Waals surface area contributed by atoms with Gasteiger partial charge < -0.3 is 5.32 Å². The van der Waals surface area contributed by atoms with E-state index in [-0.39, 0.29) is 16.9 Å². The van der Waals surface area contributed by atoms with Crippen molar-refractivity contribution in [2.45, 2.75) is 38.4 Å². The zero-order valence-corrected chi connectivity index (χ0v) is 13.1. The molecule has 4 heteroatoms. The highest BCUT2D eigenvalue weighted by atomic mass is 32.2. The van der Waals surface area contributed by atoms with Gasteiger partial charge in [0.25, 0.3) is 0 Å². The number of rotatable bonds is 7. The van der Waals surface area contributed by atoms with Gasteiger partial charge in [-0.25, -0.2) is 8.42 Å². The number of nitrogens with one attached hydrogen (secondary N) is 1. The van der Waals surface area contributed by atoms with Crippen molar-refractivity contribution in [3.05, 3.63) is 35.4 Å². The van der Waals surface area contributed by atoms with Crippen molar-refractivity contribution in [2.75, 3.05) is 19.3 Å². The van der Waals surface area contributed by atoms with E-state index in [1.807, 2.05) is 7.05 Å². The predicted molar refractivity (Wildman–Crippen MR) is 81.4 cm³/mol. The molecule has 1 rings (SSSR count). The van der Waals surface area contributed by atoms with Crippen LogP contribution in [0.5, 0.6) is 0 Å². The summed E-state index contributed by atoms with van der Waals surface area (Å²) >= 11 is 0. The maximum absolute atomic E-state index is 11.9. The fourth-order valence-corrected chi connectivity index (χ4v) is 3.10. The van der Waals surface area contributed by atoms with Crippen LogP contribution in [0, 0.1) is 6.92 Å². The average Bonchev–Trinajstić information content (AvgIpc) is 2.35. The Kier molecular flexibility index (Phi) is 6.01. The number of hydrogen-bond acceptors (Lipinski definition) is 3. The summed E-state index contributed by atoms with van der Waals surface area (Å²) in [6, 6.07) is 8.35. The van der Waals surface area contributed by atoms with Gasteiger partial charge in [-0.05, 0) is 45.7 Å². The summed E-state index contributed by atoms with van der Waals surface area (Å²) in [7, 11) is -1.05.